The molecule has 4 aliphatic rings. The van der Waals surface area contributed by atoms with Crippen LogP contribution in [0.5, 0.6) is 0 Å². The van der Waals surface area contributed by atoms with Crippen molar-refractivity contribution in [2.75, 3.05) is 6.07 Å². The molecule has 142 valence electrons. The zero-order valence-electron chi connectivity index (χ0n) is 15.4. The van der Waals surface area contributed by atoms with Crippen LogP contribution in [-0.4, -0.2) is 29.0 Å². The number of hydrogen-bond acceptors (Lipinski definition) is 4. The molecule has 0 spiro atoms. The van der Waals surface area contributed by atoms with Gasteiger partial charge in [0.1, 0.15) is 0 Å². The van der Waals surface area contributed by atoms with Crippen LogP contribution >= 0.6 is 11.6 Å². The monoisotopic (exact) mass is 378 g/mol. The van der Waals surface area contributed by atoms with E-state index in [2.05, 4.69) is 13.8 Å². The summed E-state index contributed by atoms with van der Waals surface area (Å²) in [5.41, 5.74) is 0.659. The van der Waals surface area contributed by atoms with E-state index in [-0.39, 0.29) is 40.5 Å². The summed E-state index contributed by atoms with van der Waals surface area (Å²) in [4.78, 5) is 24.3. The third-order valence-electron chi connectivity index (χ3n) is 7.97. The average Bonchev–Trinajstić information content (AvgIpc) is 2.92. The third-order valence-corrected chi connectivity index (χ3v) is 8.08. The zero-order chi connectivity index (χ0) is 18.7. The lowest BCUT2D eigenvalue weighted by Crippen LogP contribution is -2.56. The standard InChI is InChI=1S/C21H27ClO4/c1-20-8-7-13(23)9-12(20)3-4-14-15-5-6-16(19(25)26-11-22)21(15,2)10-17(24)18(14)20/h7-9,14-18,24H,3-6,10-11H2,1-2H3. The largest absolute Gasteiger partial charge is 0.449 e. The number of ether oxygens (including phenoxy) is 1. The van der Waals surface area contributed by atoms with Gasteiger partial charge in [-0.1, -0.05) is 37.1 Å². The summed E-state index contributed by atoms with van der Waals surface area (Å²) in [6.07, 6.45) is 9.22. The molecule has 7 atom stereocenters. The number of alkyl halides is 1. The summed E-state index contributed by atoms with van der Waals surface area (Å²) in [5, 5.41) is 11.2. The van der Waals surface area contributed by atoms with Crippen molar-refractivity contribution >= 4 is 23.4 Å². The Morgan fingerprint density at radius 2 is 2.12 bits per heavy atom. The van der Waals surface area contributed by atoms with E-state index in [9.17, 15) is 14.7 Å². The fourth-order valence-electron chi connectivity index (χ4n) is 6.87. The molecule has 0 aromatic heterocycles. The van der Waals surface area contributed by atoms with Crippen LogP contribution in [0.3, 0.4) is 0 Å². The van der Waals surface area contributed by atoms with Crippen LogP contribution in [0.2, 0.25) is 0 Å². The molecule has 1 N–H and O–H groups in total. The van der Waals surface area contributed by atoms with Crippen molar-refractivity contribution in [2.45, 2.75) is 52.1 Å². The number of aliphatic hydroxyl groups excluding tert-OH is 1. The van der Waals surface area contributed by atoms with E-state index in [1.165, 1.54) is 0 Å². The molecule has 4 aliphatic carbocycles. The molecule has 0 aromatic carbocycles. The van der Waals surface area contributed by atoms with Gasteiger partial charge in [0, 0.05) is 11.3 Å². The number of rotatable bonds is 2. The topological polar surface area (TPSA) is 63.6 Å². The first-order valence-electron chi connectivity index (χ1n) is 9.66. The van der Waals surface area contributed by atoms with E-state index < -0.39 is 6.10 Å². The van der Waals surface area contributed by atoms with Gasteiger partial charge in [-0.05, 0) is 61.5 Å². The summed E-state index contributed by atoms with van der Waals surface area (Å²) >= 11 is 5.61. The van der Waals surface area contributed by atoms with E-state index >= 15 is 0 Å². The molecule has 0 bridgehead atoms. The van der Waals surface area contributed by atoms with Crippen LogP contribution in [0.25, 0.3) is 0 Å². The molecule has 0 heterocycles. The highest BCUT2D eigenvalue weighted by atomic mass is 35.5. The maximum absolute atomic E-state index is 12.5. The van der Waals surface area contributed by atoms with Gasteiger partial charge in [0.15, 0.2) is 11.8 Å². The second-order valence-corrected chi connectivity index (χ2v) is 9.22. The van der Waals surface area contributed by atoms with Gasteiger partial charge < -0.3 is 9.84 Å². The Kier molecular flexibility index (Phi) is 4.35. The molecule has 7 unspecified atom stereocenters. The summed E-state index contributed by atoms with van der Waals surface area (Å²) in [6, 6.07) is -0.115. The minimum Gasteiger partial charge on any atom is -0.449 e. The van der Waals surface area contributed by atoms with Gasteiger partial charge in [0.05, 0.1) is 12.0 Å². The van der Waals surface area contributed by atoms with E-state index in [4.69, 9.17) is 16.3 Å². The number of ketones is 1. The van der Waals surface area contributed by atoms with Crippen molar-refractivity contribution in [3.8, 4) is 0 Å². The van der Waals surface area contributed by atoms with Crippen molar-refractivity contribution in [1.82, 2.24) is 0 Å². The van der Waals surface area contributed by atoms with Gasteiger partial charge in [-0.15, -0.1) is 0 Å². The van der Waals surface area contributed by atoms with Crippen molar-refractivity contribution < 1.29 is 19.4 Å². The second kappa shape index (κ2) is 6.20. The SMILES string of the molecule is CC12C=CC(=O)C=C1CCC1C2C(O)CC2(C)C(C(=O)OCCl)CCC12. The van der Waals surface area contributed by atoms with Crippen LogP contribution in [0.1, 0.15) is 46.0 Å². The number of carbonyl (C=O) groups is 2. The van der Waals surface area contributed by atoms with Crippen LogP contribution in [-0.2, 0) is 14.3 Å². The fraction of sp³-hybridized carbons (Fsp3) is 0.714. The molecular weight excluding hydrogens is 352 g/mol. The Morgan fingerprint density at radius 1 is 1.35 bits per heavy atom. The third kappa shape index (κ3) is 2.45. The molecule has 0 radical (unpaired) electrons. The molecule has 0 amide bonds. The number of carbonyl (C=O) groups excluding carboxylic acids is 2. The highest BCUT2D eigenvalue weighted by molar-refractivity contribution is 6.17. The maximum atomic E-state index is 12.5. The van der Waals surface area contributed by atoms with E-state index in [1.54, 1.807) is 12.2 Å². The minimum atomic E-state index is -0.489. The Bertz CT molecular complexity index is 698. The molecule has 4 nitrogen and oxygen atoms in total. The Morgan fingerprint density at radius 3 is 2.85 bits per heavy atom. The summed E-state index contributed by atoms with van der Waals surface area (Å²) in [5.74, 6) is 0.505. The Balaban J connectivity index is 1.68. The number of allylic oxidation sites excluding steroid dienone is 4. The molecule has 5 heteroatoms. The number of halogens is 1. The molecule has 0 aromatic rings. The highest BCUT2D eigenvalue weighted by Gasteiger charge is 2.62. The quantitative estimate of drug-likeness (QED) is 0.588. The number of hydrogen-bond donors (Lipinski definition) is 1. The van der Waals surface area contributed by atoms with E-state index in [0.29, 0.717) is 18.3 Å². The lowest BCUT2D eigenvalue weighted by Gasteiger charge is -2.58. The van der Waals surface area contributed by atoms with Gasteiger partial charge >= 0.3 is 5.97 Å². The molecule has 3 saturated carbocycles. The molecule has 0 aliphatic heterocycles. The van der Waals surface area contributed by atoms with Crippen molar-refractivity contribution in [3.63, 3.8) is 0 Å². The molecule has 3 fully saturated rings. The van der Waals surface area contributed by atoms with Gasteiger partial charge in [-0.3, -0.25) is 9.59 Å². The predicted molar refractivity (Wildman–Crippen MR) is 98.3 cm³/mol. The first-order valence-corrected chi connectivity index (χ1v) is 10.2. The Labute approximate surface area is 159 Å². The fourth-order valence-corrected chi connectivity index (χ4v) is 6.97. The van der Waals surface area contributed by atoms with Gasteiger partial charge in [0.25, 0.3) is 0 Å². The van der Waals surface area contributed by atoms with Gasteiger partial charge in [-0.2, -0.15) is 0 Å². The smallest absolute Gasteiger partial charge is 0.310 e. The minimum absolute atomic E-state index is 0.0517. The number of aliphatic hydroxyl groups is 1. The van der Waals surface area contributed by atoms with Crippen molar-refractivity contribution in [2.24, 2.45) is 34.5 Å². The second-order valence-electron chi connectivity index (χ2n) is 9.00. The Hall–Kier alpha value is -1.13. The van der Waals surface area contributed by atoms with Crippen LogP contribution < -0.4 is 0 Å². The lowest BCUT2D eigenvalue weighted by molar-refractivity contribution is -0.159. The highest BCUT2D eigenvalue weighted by Crippen LogP contribution is 2.66. The van der Waals surface area contributed by atoms with E-state index in [0.717, 1.165) is 31.3 Å². The normalized spacial score (nSPS) is 46.8. The summed E-state index contributed by atoms with van der Waals surface area (Å²) in [6.45, 7) is 4.32. The van der Waals surface area contributed by atoms with Crippen molar-refractivity contribution in [1.29, 1.82) is 0 Å². The molecule has 26 heavy (non-hydrogen) atoms. The number of esters is 1. The van der Waals surface area contributed by atoms with E-state index in [1.807, 2.05) is 6.08 Å². The van der Waals surface area contributed by atoms with Crippen LogP contribution in [0.15, 0.2) is 23.8 Å². The number of fused-ring (bicyclic) bond motifs is 5. The lowest BCUT2D eigenvalue weighted by atomic mass is 9.47. The molecular formula is C21H27ClO4. The molecule has 4 rings (SSSR count). The van der Waals surface area contributed by atoms with Gasteiger partial charge in [0.2, 0.25) is 0 Å². The summed E-state index contributed by atoms with van der Waals surface area (Å²) in [7, 11) is 0. The van der Waals surface area contributed by atoms with Crippen molar-refractivity contribution in [3.05, 3.63) is 23.8 Å². The zero-order valence-corrected chi connectivity index (χ0v) is 16.2. The van der Waals surface area contributed by atoms with Crippen LogP contribution in [0, 0.1) is 34.5 Å². The first-order chi connectivity index (χ1) is 12.3. The molecule has 0 saturated heterocycles. The van der Waals surface area contributed by atoms with Gasteiger partial charge in [-0.25, -0.2) is 0 Å². The average molecular weight is 379 g/mol. The van der Waals surface area contributed by atoms with Crippen LogP contribution in [0.4, 0.5) is 0 Å². The maximum Gasteiger partial charge on any atom is 0.310 e. The first kappa shape index (κ1) is 18.2. The summed E-state index contributed by atoms with van der Waals surface area (Å²) < 4.78 is 5.12. The predicted octanol–water partition coefficient (Wildman–Crippen LogP) is 3.62.